The molecule has 2 aliphatic rings. The summed E-state index contributed by atoms with van der Waals surface area (Å²) in [5.74, 6) is -0.238. The van der Waals surface area contributed by atoms with Gasteiger partial charge in [-0.1, -0.05) is 60.8 Å². The van der Waals surface area contributed by atoms with Crippen molar-refractivity contribution in [2.45, 2.75) is 32.9 Å². The molecule has 0 aromatic heterocycles. The van der Waals surface area contributed by atoms with Crippen LogP contribution in [0.2, 0.25) is 5.02 Å². The zero-order chi connectivity index (χ0) is 20.0. The molecule has 1 heterocycles. The first-order valence-electron chi connectivity index (χ1n) is 8.79. The first-order chi connectivity index (χ1) is 12.5. The number of carbonyl (C=O) groups excluding carboxylic acids is 1. The lowest BCUT2D eigenvalue weighted by Crippen LogP contribution is -2.42. The fourth-order valence-electron chi connectivity index (χ4n) is 3.97. The van der Waals surface area contributed by atoms with Gasteiger partial charge >= 0.3 is 0 Å². The average Bonchev–Trinajstić information content (AvgIpc) is 2.90. The second-order valence-corrected chi connectivity index (χ2v) is 11.6. The van der Waals surface area contributed by atoms with E-state index in [1.54, 1.807) is 23.1 Å². The monoisotopic (exact) mass is 449 g/mol. The molecule has 0 spiro atoms. The second-order valence-electron chi connectivity index (χ2n) is 7.93. The van der Waals surface area contributed by atoms with Gasteiger partial charge in [0.05, 0.1) is 17.4 Å². The van der Waals surface area contributed by atoms with E-state index in [2.05, 4.69) is 0 Å². The van der Waals surface area contributed by atoms with E-state index in [0.29, 0.717) is 18.0 Å². The number of allylic oxidation sites excluding steroid dienone is 1. The standard InChI is InChI=1S/C19H22Cl3NO3S/c1-19(2)15(9-16(21)22)17(19)18(24)23(14-7-8-27(25,26)11-14)10-12-3-5-13(20)6-4-12/h3-6,9,14-15,17H,7-8,10-11H2,1-2H3/t14-,15+,17+/m0/s1. The fourth-order valence-corrected chi connectivity index (χ4v) is 6.10. The summed E-state index contributed by atoms with van der Waals surface area (Å²) in [7, 11) is -3.11. The van der Waals surface area contributed by atoms with Crippen LogP contribution in [0.1, 0.15) is 25.8 Å². The van der Waals surface area contributed by atoms with Gasteiger partial charge in [-0.15, -0.1) is 0 Å². The van der Waals surface area contributed by atoms with E-state index >= 15 is 0 Å². The predicted molar refractivity (Wildman–Crippen MR) is 110 cm³/mol. The molecule has 148 valence electrons. The molecule has 0 N–H and O–H groups in total. The van der Waals surface area contributed by atoms with Crippen LogP contribution in [0.15, 0.2) is 34.8 Å². The van der Waals surface area contributed by atoms with Gasteiger partial charge in [0.2, 0.25) is 5.91 Å². The van der Waals surface area contributed by atoms with Crippen LogP contribution in [0.25, 0.3) is 0 Å². The first-order valence-corrected chi connectivity index (χ1v) is 11.7. The summed E-state index contributed by atoms with van der Waals surface area (Å²) in [6.45, 7) is 4.35. The van der Waals surface area contributed by atoms with Crippen molar-refractivity contribution >= 4 is 50.5 Å². The first kappa shape index (κ1) is 21.0. The van der Waals surface area contributed by atoms with Gasteiger partial charge in [-0.3, -0.25) is 4.79 Å². The van der Waals surface area contributed by atoms with Gasteiger partial charge in [-0.05, 0) is 41.5 Å². The highest BCUT2D eigenvalue weighted by atomic mass is 35.5. The smallest absolute Gasteiger partial charge is 0.227 e. The maximum absolute atomic E-state index is 13.4. The Labute approximate surface area is 175 Å². The lowest BCUT2D eigenvalue weighted by Gasteiger charge is -2.29. The van der Waals surface area contributed by atoms with Crippen molar-refractivity contribution in [3.63, 3.8) is 0 Å². The molecule has 2 fully saturated rings. The third kappa shape index (κ3) is 4.64. The molecule has 1 amide bonds. The van der Waals surface area contributed by atoms with E-state index in [1.165, 1.54) is 0 Å². The van der Waals surface area contributed by atoms with Crippen LogP contribution < -0.4 is 0 Å². The highest BCUT2D eigenvalue weighted by Crippen LogP contribution is 2.60. The Kier molecular flexibility index (Phi) is 5.89. The average molecular weight is 451 g/mol. The Morgan fingerprint density at radius 3 is 2.41 bits per heavy atom. The van der Waals surface area contributed by atoms with Gasteiger partial charge in [0.1, 0.15) is 4.49 Å². The lowest BCUT2D eigenvalue weighted by atomic mass is 10.1. The Bertz CT molecular complexity index is 861. The molecule has 1 aliphatic heterocycles. The number of rotatable bonds is 5. The molecule has 8 heteroatoms. The van der Waals surface area contributed by atoms with Crippen LogP contribution in [0.4, 0.5) is 0 Å². The van der Waals surface area contributed by atoms with Crippen LogP contribution in [0.3, 0.4) is 0 Å². The van der Waals surface area contributed by atoms with E-state index in [-0.39, 0.29) is 45.2 Å². The van der Waals surface area contributed by atoms with Crippen LogP contribution in [-0.2, 0) is 21.2 Å². The molecule has 0 bridgehead atoms. The van der Waals surface area contributed by atoms with E-state index in [4.69, 9.17) is 34.8 Å². The zero-order valence-electron chi connectivity index (χ0n) is 15.2. The number of hydrogen-bond acceptors (Lipinski definition) is 3. The lowest BCUT2D eigenvalue weighted by molar-refractivity contribution is -0.136. The molecule has 0 unspecified atom stereocenters. The van der Waals surface area contributed by atoms with E-state index in [1.807, 2.05) is 26.0 Å². The minimum absolute atomic E-state index is 0.0102. The topological polar surface area (TPSA) is 54.5 Å². The van der Waals surface area contributed by atoms with Crippen molar-refractivity contribution in [3.8, 4) is 0 Å². The van der Waals surface area contributed by atoms with Crippen LogP contribution in [-0.4, -0.2) is 36.8 Å². The largest absolute Gasteiger partial charge is 0.334 e. The Hall–Kier alpha value is -0.750. The molecule has 0 radical (unpaired) electrons. The quantitative estimate of drug-likeness (QED) is 0.666. The molecular weight excluding hydrogens is 429 g/mol. The Morgan fingerprint density at radius 2 is 1.89 bits per heavy atom. The summed E-state index contributed by atoms with van der Waals surface area (Å²) in [4.78, 5) is 15.1. The maximum atomic E-state index is 13.4. The number of benzene rings is 1. The van der Waals surface area contributed by atoms with Gasteiger partial charge in [0, 0.05) is 17.6 Å². The van der Waals surface area contributed by atoms with Gasteiger partial charge in [-0.25, -0.2) is 8.42 Å². The minimum Gasteiger partial charge on any atom is -0.334 e. The number of halogens is 3. The third-order valence-corrected chi connectivity index (χ3v) is 7.94. The highest BCUT2D eigenvalue weighted by Gasteiger charge is 2.62. The summed E-state index contributed by atoms with van der Waals surface area (Å²) < 4.78 is 24.1. The van der Waals surface area contributed by atoms with Gasteiger partial charge in [0.15, 0.2) is 9.84 Å². The van der Waals surface area contributed by atoms with Crippen LogP contribution in [0.5, 0.6) is 0 Å². The molecule has 1 aromatic rings. The third-order valence-electron chi connectivity index (χ3n) is 5.68. The van der Waals surface area contributed by atoms with Crippen molar-refractivity contribution in [2.75, 3.05) is 11.5 Å². The SMILES string of the molecule is CC1(C)[C@H](C=C(Cl)Cl)[C@@H]1C(=O)N(Cc1ccc(Cl)cc1)[C@H]1CCS(=O)(=O)C1. The Morgan fingerprint density at radius 1 is 1.26 bits per heavy atom. The molecule has 1 saturated heterocycles. The van der Waals surface area contributed by atoms with Gasteiger partial charge < -0.3 is 4.90 Å². The summed E-state index contributed by atoms with van der Waals surface area (Å²) in [6.07, 6.45) is 2.17. The van der Waals surface area contributed by atoms with E-state index in [0.717, 1.165) is 5.56 Å². The maximum Gasteiger partial charge on any atom is 0.227 e. The van der Waals surface area contributed by atoms with Crippen molar-refractivity contribution in [3.05, 3.63) is 45.4 Å². The van der Waals surface area contributed by atoms with Gasteiger partial charge in [-0.2, -0.15) is 0 Å². The summed E-state index contributed by atoms with van der Waals surface area (Å²) in [5, 5.41) is 0.616. The van der Waals surface area contributed by atoms with Crippen molar-refractivity contribution in [1.82, 2.24) is 4.90 Å². The fraction of sp³-hybridized carbons (Fsp3) is 0.526. The Balaban J connectivity index is 1.86. The molecule has 1 aliphatic carbocycles. The molecule has 3 rings (SSSR count). The summed E-state index contributed by atoms with van der Waals surface area (Å²) >= 11 is 17.6. The predicted octanol–water partition coefficient (Wildman–Crippen LogP) is 4.45. The second kappa shape index (κ2) is 7.58. The van der Waals surface area contributed by atoms with Crippen molar-refractivity contribution < 1.29 is 13.2 Å². The molecule has 1 saturated carbocycles. The molecule has 3 atom stereocenters. The normalized spacial score (nSPS) is 27.8. The highest BCUT2D eigenvalue weighted by molar-refractivity contribution is 7.91. The van der Waals surface area contributed by atoms with Gasteiger partial charge in [0.25, 0.3) is 0 Å². The summed E-state index contributed by atoms with van der Waals surface area (Å²) in [5.41, 5.74) is 0.653. The molecule has 4 nitrogen and oxygen atoms in total. The molecule has 27 heavy (non-hydrogen) atoms. The van der Waals surface area contributed by atoms with Crippen LogP contribution in [0, 0.1) is 17.3 Å². The minimum atomic E-state index is -3.11. The number of hydrogen-bond donors (Lipinski definition) is 0. The zero-order valence-corrected chi connectivity index (χ0v) is 18.2. The molecular formula is C19H22Cl3NO3S. The van der Waals surface area contributed by atoms with Crippen molar-refractivity contribution in [1.29, 1.82) is 0 Å². The number of amides is 1. The van der Waals surface area contributed by atoms with E-state index < -0.39 is 9.84 Å². The van der Waals surface area contributed by atoms with Crippen LogP contribution >= 0.6 is 34.8 Å². The van der Waals surface area contributed by atoms with Crippen molar-refractivity contribution in [2.24, 2.45) is 17.3 Å². The number of sulfone groups is 1. The molecule has 1 aromatic carbocycles. The summed E-state index contributed by atoms with van der Waals surface area (Å²) in [6, 6.07) is 6.94. The number of carbonyl (C=O) groups is 1. The number of nitrogens with zero attached hydrogens (tertiary/aromatic N) is 1. The van der Waals surface area contributed by atoms with E-state index in [9.17, 15) is 13.2 Å².